The second kappa shape index (κ2) is 9.70. The Morgan fingerprint density at radius 2 is 1.69 bits per heavy atom. The largest absolute Gasteiger partial charge is 0.354 e. The van der Waals surface area contributed by atoms with Crippen LogP contribution in [-0.4, -0.2) is 29.3 Å². The third-order valence-corrected chi connectivity index (χ3v) is 4.17. The van der Waals surface area contributed by atoms with E-state index in [1.165, 1.54) is 19.1 Å². The maximum Gasteiger partial charge on any atom is 0.243 e. The van der Waals surface area contributed by atoms with Gasteiger partial charge in [-0.25, -0.2) is 4.39 Å². The minimum atomic E-state index is -0.619. The van der Waals surface area contributed by atoms with Crippen LogP contribution in [0.25, 0.3) is 0 Å². The summed E-state index contributed by atoms with van der Waals surface area (Å²) in [5.74, 6) is -0.695. The van der Waals surface area contributed by atoms with Gasteiger partial charge in [0.15, 0.2) is 0 Å². The van der Waals surface area contributed by atoms with E-state index in [4.69, 9.17) is 0 Å². The Labute approximate surface area is 154 Å². The molecule has 0 heterocycles. The highest BCUT2D eigenvalue weighted by Gasteiger charge is 2.28. The molecule has 0 unspecified atom stereocenters. The predicted molar refractivity (Wildman–Crippen MR) is 99.9 cm³/mol. The second-order valence-corrected chi connectivity index (χ2v) is 6.27. The van der Waals surface area contributed by atoms with E-state index in [0.29, 0.717) is 13.0 Å². The van der Waals surface area contributed by atoms with Gasteiger partial charge in [0, 0.05) is 26.4 Å². The molecule has 0 fully saturated rings. The van der Waals surface area contributed by atoms with Crippen LogP contribution in [0.1, 0.15) is 31.4 Å². The Hall–Kier alpha value is -2.69. The first kappa shape index (κ1) is 19.6. The van der Waals surface area contributed by atoms with Crippen molar-refractivity contribution < 1.29 is 14.0 Å². The molecule has 0 spiro atoms. The van der Waals surface area contributed by atoms with Gasteiger partial charge < -0.3 is 10.2 Å². The predicted octanol–water partition coefficient (Wildman–Crippen LogP) is 3.31. The summed E-state index contributed by atoms with van der Waals surface area (Å²) in [6.45, 7) is 4.25. The van der Waals surface area contributed by atoms with Gasteiger partial charge in [0.1, 0.15) is 11.9 Å². The number of carbonyl (C=O) groups excluding carboxylic acids is 2. The quantitative estimate of drug-likeness (QED) is 0.789. The molecule has 0 aromatic heterocycles. The minimum Gasteiger partial charge on any atom is -0.354 e. The van der Waals surface area contributed by atoms with Crippen molar-refractivity contribution in [1.29, 1.82) is 0 Å². The number of hydrogen-bond acceptors (Lipinski definition) is 2. The normalized spacial score (nSPS) is 11.7. The van der Waals surface area contributed by atoms with E-state index < -0.39 is 6.04 Å². The summed E-state index contributed by atoms with van der Waals surface area (Å²) < 4.78 is 13.2. The highest BCUT2D eigenvalue weighted by atomic mass is 19.1. The van der Waals surface area contributed by atoms with Crippen molar-refractivity contribution in [1.82, 2.24) is 10.2 Å². The van der Waals surface area contributed by atoms with Crippen LogP contribution in [0, 0.1) is 5.82 Å². The summed E-state index contributed by atoms with van der Waals surface area (Å²) in [4.78, 5) is 26.6. The van der Waals surface area contributed by atoms with E-state index in [1.54, 1.807) is 17.0 Å². The Morgan fingerprint density at radius 3 is 2.27 bits per heavy atom. The van der Waals surface area contributed by atoms with Crippen LogP contribution in [0.3, 0.4) is 0 Å². The molecule has 1 N–H and O–H groups in total. The number of nitrogens with one attached hydrogen (secondary N) is 1. The van der Waals surface area contributed by atoms with Crippen LogP contribution < -0.4 is 5.32 Å². The summed E-state index contributed by atoms with van der Waals surface area (Å²) in [6, 6.07) is 15.0. The minimum absolute atomic E-state index is 0.173. The Morgan fingerprint density at radius 1 is 1.04 bits per heavy atom. The topological polar surface area (TPSA) is 49.4 Å². The van der Waals surface area contributed by atoms with Crippen LogP contribution >= 0.6 is 0 Å². The summed E-state index contributed by atoms with van der Waals surface area (Å²) in [7, 11) is 0. The maximum absolute atomic E-state index is 13.2. The van der Waals surface area contributed by atoms with Gasteiger partial charge >= 0.3 is 0 Å². The number of amides is 2. The molecule has 4 nitrogen and oxygen atoms in total. The SMILES string of the molecule is CCCNC(=O)[C@@H](Cc1ccccc1)N(Cc1ccc(F)cc1)C(C)=O. The average molecular weight is 356 g/mol. The smallest absolute Gasteiger partial charge is 0.243 e. The van der Waals surface area contributed by atoms with Crippen molar-refractivity contribution in [2.24, 2.45) is 0 Å². The van der Waals surface area contributed by atoms with Gasteiger partial charge in [0.25, 0.3) is 0 Å². The summed E-state index contributed by atoms with van der Waals surface area (Å²) in [5, 5.41) is 2.89. The molecule has 2 rings (SSSR count). The van der Waals surface area contributed by atoms with Crippen LogP contribution in [-0.2, 0) is 22.6 Å². The lowest BCUT2D eigenvalue weighted by molar-refractivity contribution is -0.139. The summed E-state index contributed by atoms with van der Waals surface area (Å²) >= 11 is 0. The standard InChI is InChI=1S/C21H25FN2O2/c1-3-13-23-21(26)20(14-17-7-5-4-6-8-17)24(16(2)25)15-18-9-11-19(22)12-10-18/h4-12,20H,3,13-15H2,1-2H3,(H,23,26)/t20-/m1/s1. The van der Waals surface area contributed by atoms with E-state index in [9.17, 15) is 14.0 Å². The van der Waals surface area contributed by atoms with Gasteiger partial charge in [0.2, 0.25) is 11.8 Å². The van der Waals surface area contributed by atoms with Crippen molar-refractivity contribution in [2.45, 2.75) is 39.3 Å². The molecule has 0 saturated heterocycles. The average Bonchev–Trinajstić information content (AvgIpc) is 2.64. The molecule has 5 heteroatoms. The zero-order valence-corrected chi connectivity index (χ0v) is 15.2. The van der Waals surface area contributed by atoms with Crippen molar-refractivity contribution in [3.8, 4) is 0 Å². The van der Waals surface area contributed by atoms with Gasteiger partial charge in [-0.15, -0.1) is 0 Å². The summed E-state index contributed by atoms with van der Waals surface area (Å²) in [5.41, 5.74) is 1.76. The Kier molecular flexibility index (Phi) is 7.33. The monoisotopic (exact) mass is 356 g/mol. The number of rotatable bonds is 8. The van der Waals surface area contributed by atoms with E-state index in [2.05, 4.69) is 5.32 Å². The third kappa shape index (κ3) is 5.69. The lowest BCUT2D eigenvalue weighted by Crippen LogP contribution is -2.50. The number of benzene rings is 2. The van der Waals surface area contributed by atoms with Crippen LogP contribution in [0.4, 0.5) is 4.39 Å². The fourth-order valence-corrected chi connectivity index (χ4v) is 2.78. The van der Waals surface area contributed by atoms with Gasteiger partial charge in [-0.05, 0) is 29.7 Å². The lowest BCUT2D eigenvalue weighted by Gasteiger charge is -2.30. The summed E-state index contributed by atoms with van der Waals surface area (Å²) in [6.07, 6.45) is 1.25. The van der Waals surface area contributed by atoms with Crippen molar-refractivity contribution in [3.05, 3.63) is 71.5 Å². The van der Waals surface area contributed by atoms with Crippen LogP contribution in [0.2, 0.25) is 0 Å². The lowest BCUT2D eigenvalue weighted by atomic mass is 10.0. The first-order chi connectivity index (χ1) is 12.5. The Balaban J connectivity index is 2.26. The van der Waals surface area contributed by atoms with Gasteiger partial charge in [-0.2, -0.15) is 0 Å². The molecular formula is C21H25FN2O2. The zero-order chi connectivity index (χ0) is 18.9. The van der Waals surface area contributed by atoms with Crippen molar-refractivity contribution in [2.75, 3.05) is 6.54 Å². The first-order valence-electron chi connectivity index (χ1n) is 8.84. The molecule has 1 atom stereocenters. The number of carbonyl (C=O) groups is 2. The van der Waals surface area contributed by atoms with Gasteiger partial charge in [-0.1, -0.05) is 49.4 Å². The molecule has 2 aromatic rings. The fourth-order valence-electron chi connectivity index (χ4n) is 2.78. The van der Waals surface area contributed by atoms with E-state index in [-0.39, 0.29) is 24.2 Å². The molecule has 0 aliphatic rings. The highest BCUT2D eigenvalue weighted by molar-refractivity contribution is 5.87. The van der Waals surface area contributed by atoms with E-state index >= 15 is 0 Å². The van der Waals surface area contributed by atoms with Crippen molar-refractivity contribution >= 4 is 11.8 Å². The fraction of sp³-hybridized carbons (Fsp3) is 0.333. The van der Waals surface area contributed by atoms with E-state index in [0.717, 1.165) is 17.5 Å². The third-order valence-electron chi connectivity index (χ3n) is 4.17. The van der Waals surface area contributed by atoms with Crippen LogP contribution in [0.5, 0.6) is 0 Å². The first-order valence-corrected chi connectivity index (χ1v) is 8.84. The van der Waals surface area contributed by atoms with Gasteiger partial charge in [-0.3, -0.25) is 9.59 Å². The molecular weight excluding hydrogens is 331 g/mol. The van der Waals surface area contributed by atoms with Crippen LogP contribution in [0.15, 0.2) is 54.6 Å². The molecule has 0 bridgehead atoms. The van der Waals surface area contributed by atoms with Gasteiger partial charge in [0.05, 0.1) is 0 Å². The molecule has 26 heavy (non-hydrogen) atoms. The molecule has 138 valence electrons. The zero-order valence-electron chi connectivity index (χ0n) is 15.2. The maximum atomic E-state index is 13.2. The Bertz CT molecular complexity index is 717. The molecule has 2 aromatic carbocycles. The number of nitrogens with zero attached hydrogens (tertiary/aromatic N) is 1. The molecule has 0 radical (unpaired) electrons. The molecule has 0 saturated carbocycles. The van der Waals surface area contributed by atoms with Crippen molar-refractivity contribution in [3.63, 3.8) is 0 Å². The van der Waals surface area contributed by atoms with E-state index in [1.807, 2.05) is 37.3 Å². The molecule has 0 aliphatic heterocycles. The highest BCUT2D eigenvalue weighted by Crippen LogP contribution is 2.15. The molecule has 0 aliphatic carbocycles. The number of hydrogen-bond donors (Lipinski definition) is 1. The second-order valence-electron chi connectivity index (χ2n) is 6.27. The number of halogens is 1. The molecule has 2 amide bonds.